The van der Waals surface area contributed by atoms with Gasteiger partial charge in [-0.2, -0.15) is 9.78 Å². The molecule has 6 heteroatoms. The van der Waals surface area contributed by atoms with E-state index in [1.54, 1.807) is 6.92 Å². The summed E-state index contributed by atoms with van der Waals surface area (Å²) in [5, 5.41) is 7.83. The first-order valence-electron chi connectivity index (χ1n) is 9.29. The van der Waals surface area contributed by atoms with E-state index in [0.717, 1.165) is 22.4 Å². The molecule has 0 saturated heterocycles. The third kappa shape index (κ3) is 2.97. The molecule has 0 bridgehead atoms. The summed E-state index contributed by atoms with van der Waals surface area (Å²) in [6.07, 6.45) is 0. The number of esters is 1. The van der Waals surface area contributed by atoms with Gasteiger partial charge in [0.2, 0.25) is 0 Å². The van der Waals surface area contributed by atoms with Gasteiger partial charge in [-0.3, -0.25) is 9.59 Å². The van der Waals surface area contributed by atoms with Crippen molar-refractivity contribution in [3.8, 4) is 11.1 Å². The van der Waals surface area contributed by atoms with Crippen LogP contribution in [0.3, 0.4) is 0 Å². The monoisotopic (exact) mass is 375 g/mol. The van der Waals surface area contributed by atoms with Crippen molar-refractivity contribution in [3.05, 3.63) is 71.9 Å². The van der Waals surface area contributed by atoms with Gasteiger partial charge in [-0.25, -0.2) is 0 Å². The summed E-state index contributed by atoms with van der Waals surface area (Å²) in [5.41, 5.74) is 3.39. The van der Waals surface area contributed by atoms with E-state index in [9.17, 15) is 9.59 Å². The highest BCUT2D eigenvalue weighted by molar-refractivity contribution is 6.04. The smallest absolute Gasteiger partial charge is 0.321 e. The maximum absolute atomic E-state index is 13.3. The van der Waals surface area contributed by atoms with Gasteiger partial charge in [-0.1, -0.05) is 60.7 Å². The van der Waals surface area contributed by atoms with Crippen molar-refractivity contribution >= 4 is 17.7 Å². The molecule has 0 saturated carbocycles. The van der Waals surface area contributed by atoms with Crippen LogP contribution >= 0.6 is 0 Å². The van der Waals surface area contributed by atoms with Crippen LogP contribution in [0.15, 0.2) is 60.7 Å². The molecule has 2 heterocycles. The number of benzene rings is 2. The SMILES string of the molecule is CCOC(=O)C1C(=O)n2nc(C)c(-c3ccccc3)c2NC1c1ccccc1. The first-order chi connectivity index (χ1) is 13.6. The van der Waals surface area contributed by atoms with Gasteiger partial charge in [0.15, 0.2) is 5.92 Å². The average molecular weight is 375 g/mol. The molecule has 0 amide bonds. The van der Waals surface area contributed by atoms with Crippen molar-refractivity contribution in [2.45, 2.75) is 19.9 Å². The number of nitrogens with zero attached hydrogens (tertiary/aromatic N) is 2. The predicted molar refractivity (Wildman–Crippen MR) is 106 cm³/mol. The Kier molecular flexibility index (Phi) is 4.69. The van der Waals surface area contributed by atoms with Crippen molar-refractivity contribution in [2.24, 2.45) is 5.92 Å². The molecule has 1 aliphatic heterocycles. The average Bonchev–Trinajstić information content (AvgIpc) is 3.05. The fourth-order valence-electron chi connectivity index (χ4n) is 3.68. The number of rotatable bonds is 4. The van der Waals surface area contributed by atoms with Gasteiger partial charge >= 0.3 is 5.97 Å². The van der Waals surface area contributed by atoms with Crippen LogP contribution in [0.2, 0.25) is 0 Å². The van der Waals surface area contributed by atoms with Crippen molar-refractivity contribution in [3.63, 3.8) is 0 Å². The normalized spacial score (nSPS) is 18.3. The Morgan fingerprint density at radius 2 is 1.75 bits per heavy atom. The number of hydrogen-bond donors (Lipinski definition) is 1. The molecule has 4 rings (SSSR count). The quantitative estimate of drug-likeness (QED) is 0.554. The fraction of sp³-hybridized carbons (Fsp3) is 0.227. The largest absolute Gasteiger partial charge is 0.465 e. The molecule has 6 nitrogen and oxygen atoms in total. The zero-order valence-corrected chi connectivity index (χ0v) is 15.8. The summed E-state index contributed by atoms with van der Waals surface area (Å²) in [7, 11) is 0. The standard InChI is InChI=1S/C22H21N3O3/c1-3-28-22(27)18-19(16-12-8-5-9-13-16)23-20-17(15-10-6-4-7-11-15)14(2)24-25(20)21(18)26/h4-13,18-19,23H,3H2,1-2H3. The number of hydrogen-bond acceptors (Lipinski definition) is 5. The Hall–Kier alpha value is -3.41. The van der Waals surface area contributed by atoms with Crippen LogP contribution in [0, 0.1) is 12.8 Å². The highest BCUT2D eigenvalue weighted by Gasteiger charge is 2.44. The Labute approximate surface area is 163 Å². The molecule has 1 aromatic heterocycles. The first kappa shape index (κ1) is 18.0. The fourth-order valence-corrected chi connectivity index (χ4v) is 3.68. The number of fused-ring (bicyclic) bond motifs is 1. The summed E-state index contributed by atoms with van der Waals surface area (Å²) >= 11 is 0. The lowest BCUT2D eigenvalue weighted by Crippen LogP contribution is -2.43. The molecule has 28 heavy (non-hydrogen) atoms. The number of aryl methyl sites for hydroxylation is 1. The molecule has 0 fully saturated rings. The van der Waals surface area contributed by atoms with E-state index in [2.05, 4.69) is 10.4 Å². The van der Waals surface area contributed by atoms with Crippen molar-refractivity contribution in [1.29, 1.82) is 0 Å². The minimum Gasteiger partial charge on any atom is -0.465 e. The molecule has 3 aromatic rings. The molecule has 1 N–H and O–H groups in total. The predicted octanol–water partition coefficient (Wildman–Crippen LogP) is 3.84. The van der Waals surface area contributed by atoms with Gasteiger partial charge < -0.3 is 10.1 Å². The van der Waals surface area contributed by atoms with Gasteiger partial charge in [-0.05, 0) is 25.0 Å². The third-order valence-corrected chi connectivity index (χ3v) is 4.92. The maximum Gasteiger partial charge on any atom is 0.321 e. The van der Waals surface area contributed by atoms with E-state index in [1.807, 2.05) is 67.6 Å². The first-order valence-corrected chi connectivity index (χ1v) is 9.29. The molecule has 0 spiro atoms. The number of ether oxygens (including phenoxy) is 1. The van der Waals surface area contributed by atoms with Crippen LogP contribution in [0.25, 0.3) is 11.1 Å². The molecule has 0 radical (unpaired) electrons. The minimum atomic E-state index is -1.00. The van der Waals surface area contributed by atoms with Crippen LogP contribution in [0.1, 0.15) is 29.0 Å². The molecular formula is C22H21N3O3. The van der Waals surface area contributed by atoms with E-state index in [-0.39, 0.29) is 12.5 Å². The molecule has 0 aliphatic carbocycles. The molecule has 1 aliphatic rings. The van der Waals surface area contributed by atoms with E-state index in [1.165, 1.54) is 4.68 Å². The Balaban J connectivity index is 1.86. The number of carbonyl (C=O) groups is 2. The van der Waals surface area contributed by atoms with Crippen LogP contribution in [-0.2, 0) is 9.53 Å². The summed E-state index contributed by atoms with van der Waals surface area (Å²) in [6.45, 7) is 3.80. The molecule has 2 aromatic carbocycles. The van der Waals surface area contributed by atoms with Crippen LogP contribution < -0.4 is 5.32 Å². The second-order valence-electron chi connectivity index (χ2n) is 6.69. The lowest BCUT2D eigenvalue weighted by atomic mass is 9.90. The van der Waals surface area contributed by atoms with Crippen molar-refractivity contribution in [1.82, 2.24) is 9.78 Å². The lowest BCUT2D eigenvalue weighted by molar-refractivity contribution is -0.147. The minimum absolute atomic E-state index is 0.213. The summed E-state index contributed by atoms with van der Waals surface area (Å²) in [6, 6.07) is 18.7. The van der Waals surface area contributed by atoms with Crippen LogP contribution in [0.4, 0.5) is 5.82 Å². The van der Waals surface area contributed by atoms with Gasteiger partial charge in [0, 0.05) is 5.56 Å². The molecule has 2 atom stereocenters. The highest BCUT2D eigenvalue weighted by Crippen LogP contribution is 2.40. The van der Waals surface area contributed by atoms with E-state index >= 15 is 0 Å². The number of nitrogens with one attached hydrogen (secondary N) is 1. The van der Waals surface area contributed by atoms with Gasteiger partial charge in [-0.15, -0.1) is 0 Å². The van der Waals surface area contributed by atoms with Crippen LogP contribution in [-0.4, -0.2) is 28.3 Å². The summed E-state index contributed by atoms with van der Waals surface area (Å²) in [4.78, 5) is 25.9. The zero-order chi connectivity index (χ0) is 19.7. The Bertz CT molecular complexity index is 1010. The second-order valence-corrected chi connectivity index (χ2v) is 6.69. The van der Waals surface area contributed by atoms with Crippen molar-refractivity contribution < 1.29 is 14.3 Å². The zero-order valence-electron chi connectivity index (χ0n) is 15.8. The number of carbonyl (C=O) groups excluding carboxylic acids is 2. The Morgan fingerprint density at radius 1 is 1.11 bits per heavy atom. The summed E-state index contributed by atoms with van der Waals surface area (Å²) < 4.78 is 6.50. The molecular weight excluding hydrogens is 354 g/mol. The Morgan fingerprint density at radius 3 is 2.39 bits per heavy atom. The van der Waals surface area contributed by atoms with E-state index < -0.39 is 17.9 Å². The van der Waals surface area contributed by atoms with Gasteiger partial charge in [0.1, 0.15) is 5.82 Å². The summed E-state index contributed by atoms with van der Waals surface area (Å²) in [5.74, 6) is -1.33. The second kappa shape index (κ2) is 7.31. The van der Waals surface area contributed by atoms with E-state index in [4.69, 9.17) is 4.74 Å². The highest BCUT2D eigenvalue weighted by atomic mass is 16.5. The number of anilines is 1. The van der Waals surface area contributed by atoms with E-state index in [0.29, 0.717) is 5.82 Å². The van der Waals surface area contributed by atoms with Crippen molar-refractivity contribution in [2.75, 3.05) is 11.9 Å². The topological polar surface area (TPSA) is 73.2 Å². The molecule has 2 unspecified atom stereocenters. The maximum atomic E-state index is 13.3. The third-order valence-electron chi connectivity index (χ3n) is 4.92. The van der Waals surface area contributed by atoms with Gasteiger partial charge in [0.05, 0.1) is 18.3 Å². The lowest BCUT2D eigenvalue weighted by Gasteiger charge is -2.31. The van der Waals surface area contributed by atoms with Gasteiger partial charge in [0.25, 0.3) is 5.91 Å². The van der Waals surface area contributed by atoms with Crippen LogP contribution in [0.5, 0.6) is 0 Å². The molecule has 142 valence electrons. The number of aromatic nitrogens is 2.